The van der Waals surface area contributed by atoms with Crippen molar-refractivity contribution in [2.45, 2.75) is 45.1 Å². The number of rotatable bonds is 16. The number of aromatic hydroxyl groups is 1. The quantitative estimate of drug-likeness (QED) is 0.0735. The molecule has 0 fully saturated rings. The number of hydrogen-bond acceptors (Lipinski definition) is 10. The number of amides is 2. The van der Waals surface area contributed by atoms with Gasteiger partial charge in [-0.3, -0.25) is 14.5 Å². The normalized spacial score (nSPS) is 12.5. The lowest BCUT2D eigenvalue weighted by atomic mass is 9.78. The van der Waals surface area contributed by atoms with Crippen LogP contribution in [0.4, 0.5) is 4.79 Å². The van der Waals surface area contributed by atoms with E-state index in [0.29, 0.717) is 14.7 Å². The highest BCUT2D eigenvalue weighted by atomic mass is 127. The molecule has 12 nitrogen and oxygen atoms in total. The molecule has 0 saturated heterocycles. The van der Waals surface area contributed by atoms with E-state index >= 15 is 0 Å². The van der Waals surface area contributed by atoms with Gasteiger partial charge in [0.05, 0.1) is 10.7 Å². The number of nitrogens with zero attached hydrogens (tertiary/aromatic N) is 1. The molecule has 0 radical (unpaired) electrons. The first kappa shape index (κ1) is 39.9. The molecule has 0 aliphatic heterocycles. The van der Waals surface area contributed by atoms with Gasteiger partial charge in [0.1, 0.15) is 36.8 Å². The third-order valence-corrected chi connectivity index (χ3v) is 9.12. The van der Waals surface area contributed by atoms with E-state index in [9.17, 15) is 34.3 Å². The molecule has 272 valence electrons. The summed E-state index contributed by atoms with van der Waals surface area (Å²) in [4.78, 5) is 54.5. The molecule has 4 aromatic rings. The summed E-state index contributed by atoms with van der Waals surface area (Å²) >= 11 is 1.91. The van der Waals surface area contributed by atoms with Gasteiger partial charge >= 0.3 is 19.2 Å². The monoisotopic (exact) mass is 822 g/mol. The van der Waals surface area contributed by atoms with Crippen molar-refractivity contribution in [1.29, 1.82) is 0 Å². The van der Waals surface area contributed by atoms with Crippen LogP contribution in [0.25, 0.3) is 0 Å². The molecule has 0 aromatic heterocycles. The second-order valence-electron chi connectivity index (χ2n) is 12.1. The van der Waals surface area contributed by atoms with E-state index in [1.54, 1.807) is 30.3 Å². The summed E-state index contributed by atoms with van der Waals surface area (Å²) in [6, 6.07) is 25.2. The first-order valence-electron chi connectivity index (χ1n) is 16.4. The smallest absolute Gasteiger partial charge is 0.492 e. The predicted octanol–water partition coefficient (Wildman–Crippen LogP) is 4.06. The van der Waals surface area contributed by atoms with Crippen LogP contribution in [0.5, 0.6) is 11.5 Å². The van der Waals surface area contributed by atoms with Crippen LogP contribution in [0.1, 0.15) is 41.6 Å². The van der Waals surface area contributed by atoms with Crippen LogP contribution in [-0.2, 0) is 43.5 Å². The van der Waals surface area contributed by atoms with Crippen LogP contribution in [0, 0.1) is 9.49 Å². The minimum Gasteiger partial charge on any atom is -0.507 e. The van der Waals surface area contributed by atoms with Gasteiger partial charge in [-0.1, -0.05) is 85.8 Å². The van der Waals surface area contributed by atoms with Crippen molar-refractivity contribution in [2.75, 3.05) is 14.2 Å². The fourth-order valence-corrected chi connectivity index (χ4v) is 5.97. The first-order chi connectivity index (χ1) is 24.9. The number of halogens is 1. The lowest BCUT2D eigenvalue weighted by molar-refractivity contribution is -0.145. The Balaban J connectivity index is 1.47. The Kier molecular flexibility index (Phi) is 14.6. The minimum atomic E-state index is -1.87. The summed E-state index contributed by atoms with van der Waals surface area (Å²) in [5.74, 6) is -2.56. The number of phenolic OH excluding ortho intramolecular Hbond substituents is 1. The molecule has 4 N–H and O–H groups in total. The average molecular weight is 822 g/mol. The van der Waals surface area contributed by atoms with Gasteiger partial charge in [0, 0.05) is 31.3 Å². The number of ketones is 1. The summed E-state index contributed by atoms with van der Waals surface area (Å²) in [7, 11) is 0.721. The summed E-state index contributed by atoms with van der Waals surface area (Å²) < 4.78 is 16.7. The van der Waals surface area contributed by atoms with Crippen molar-refractivity contribution in [3.8, 4) is 11.5 Å². The number of phenols is 1. The van der Waals surface area contributed by atoms with Gasteiger partial charge in [0.25, 0.3) is 0 Å². The second kappa shape index (κ2) is 19.1. The van der Waals surface area contributed by atoms with Gasteiger partial charge < -0.3 is 34.7 Å². The topological polar surface area (TPSA) is 172 Å². The third kappa shape index (κ3) is 11.0. The molecule has 0 heterocycles. The predicted molar refractivity (Wildman–Crippen MR) is 201 cm³/mol. The number of carbonyl (C=O) groups excluding carboxylic acids is 4. The highest BCUT2D eigenvalue weighted by molar-refractivity contribution is 14.1. The van der Waals surface area contributed by atoms with Crippen LogP contribution in [-0.4, -0.2) is 71.1 Å². The van der Waals surface area contributed by atoms with Crippen molar-refractivity contribution in [3.63, 3.8) is 0 Å². The number of likely N-dealkylation sites (N-methyl/N-ethyl adjacent to an activating group) is 1. The molecular formula is C38H40BIN2O10. The number of methoxy groups -OCH3 is 1. The van der Waals surface area contributed by atoms with E-state index in [-0.39, 0.29) is 43.0 Å². The van der Waals surface area contributed by atoms with Crippen molar-refractivity contribution < 1.29 is 48.5 Å². The Labute approximate surface area is 316 Å². The third-order valence-electron chi connectivity index (χ3n) is 8.26. The van der Waals surface area contributed by atoms with Crippen molar-refractivity contribution in [3.05, 3.63) is 123 Å². The summed E-state index contributed by atoms with van der Waals surface area (Å²) in [5.41, 5.74) is 2.60. The van der Waals surface area contributed by atoms with E-state index in [1.165, 1.54) is 39.3 Å². The van der Waals surface area contributed by atoms with Gasteiger partial charge in [-0.25, -0.2) is 9.59 Å². The van der Waals surface area contributed by atoms with Crippen molar-refractivity contribution >= 4 is 58.9 Å². The number of hydrogen-bond donors (Lipinski definition) is 4. The van der Waals surface area contributed by atoms with E-state index in [2.05, 4.69) is 5.32 Å². The first-order valence-corrected chi connectivity index (χ1v) is 17.4. The van der Waals surface area contributed by atoms with Crippen LogP contribution < -0.4 is 15.5 Å². The van der Waals surface area contributed by atoms with Gasteiger partial charge in [-0.2, -0.15) is 0 Å². The Hall–Kier alpha value is -4.93. The zero-order valence-electron chi connectivity index (χ0n) is 28.9. The molecule has 0 saturated carbocycles. The van der Waals surface area contributed by atoms with Crippen LogP contribution >= 0.6 is 22.6 Å². The molecule has 0 unspecified atom stereocenters. The number of Topliss-reactive ketones (excluding diaryl/α,β-unsaturated/α-hetero) is 1. The highest BCUT2D eigenvalue weighted by Gasteiger charge is 2.33. The molecule has 0 bridgehead atoms. The molecule has 14 heteroatoms. The molecule has 4 aromatic carbocycles. The molecule has 0 aliphatic rings. The van der Waals surface area contributed by atoms with Gasteiger partial charge in [0.2, 0.25) is 5.91 Å². The Morgan fingerprint density at radius 1 is 0.865 bits per heavy atom. The van der Waals surface area contributed by atoms with E-state index in [0.717, 1.165) is 16.0 Å². The van der Waals surface area contributed by atoms with Crippen LogP contribution in [0.15, 0.2) is 97.1 Å². The molecular weight excluding hydrogens is 782 g/mol. The van der Waals surface area contributed by atoms with Crippen molar-refractivity contribution in [1.82, 2.24) is 10.2 Å². The lowest BCUT2D eigenvalue weighted by Crippen LogP contribution is -2.46. The fourth-order valence-electron chi connectivity index (χ4n) is 5.43. The zero-order chi connectivity index (χ0) is 37.8. The SMILES string of the molecule is COC(=O)[C@H](Cc1ccc(OCc2ccccc2)c(B(O)O)c1)NC(=O)[C@H](C)CC(=O)[C@H](c1ccc(O)c(I)c1)N(C)C(=O)OCc1ccccc1. The van der Waals surface area contributed by atoms with Gasteiger partial charge in [-0.05, 0) is 63.0 Å². The van der Waals surface area contributed by atoms with Crippen LogP contribution in [0.3, 0.4) is 0 Å². The number of carbonyl (C=O) groups is 4. The minimum absolute atomic E-state index is 0.00132. The van der Waals surface area contributed by atoms with E-state index in [1.807, 2.05) is 71.1 Å². The largest absolute Gasteiger partial charge is 0.507 e. The molecule has 0 spiro atoms. The Morgan fingerprint density at radius 3 is 2.10 bits per heavy atom. The number of esters is 1. The van der Waals surface area contributed by atoms with Gasteiger partial charge in [0.15, 0.2) is 5.78 Å². The lowest BCUT2D eigenvalue weighted by Gasteiger charge is -2.28. The number of ether oxygens (including phenoxy) is 3. The maximum atomic E-state index is 13.9. The zero-order valence-corrected chi connectivity index (χ0v) is 31.1. The molecule has 4 rings (SSSR count). The standard InChI is InChI=1S/C38H40BIN2O10/c1-24(18-33(44)35(28-15-16-32(43)30(40)21-28)42(2)38(47)52-23-26-12-8-5-9-13-26)36(45)41-31(37(46)50-3)20-27-14-17-34(29(19-27)39(48)49)51-22-25-10-6-4-7-11-25/h4-17,19,21,24,31,35,43,48-49H,18,20,22-23H2,1-3H3,(H,41,45)/t24-,31+,35+/m1/s1. The van der Waals surface area contributed by atoms with Crippen LogP contribution in [0.2, 0.25) is 0 Å². The van der Waals surface area contributed by atoms with E-state index < -0.39 is 48.9 Å². The molecule has 2 amide bonds. The average Bonchev–Trinajstić information content (AvgIpc) is 3.14. The molecule has 0 aliphatic carbocycles. The van der Waals surface area contributed by atoms with Gasteiger partial charge in [-0.15, -0.1) is 0 Å². The maximum Gasteiger partial charge on any atom is 0.492 e. The summed E-state index contributed by atoms with van der Waals surface area (Å²) in [6.45, 7) is 1.69. The Bertz CT molecular complexity index is 1840. The molecule has 52 heavy (non-hydrogen) atoms. The second-order valence-corrected chi connectivity index (χ2v) is 13.3. The molecule has 3 atom stereocenters. The highest BCUT2D eigenvalue weighted by Crippen LogP contribution is 2.29. The van der Waals surface area contributed by atoms with E-state index in [4.69, 9.17) is 14.2 Å². The number of nitrogens with one attached hydrogen (secondary N) is 1. The Morgan fingerprint density at radius 2 is 1.50 bits per heavy atom. The fraction of sp³-hybridized carbons (Fsp3) is 0.263. The summed E-state index contributed by atoms with van der Waals surface area (Å²) in [5, 5.41) is 32.9. The number of benzene rings is 4. The summed E-state index contributed by atoms with van der Waals surface area (Å²) in [6.07, 6.45) is -1.15. The van der Waals surface area contributed by atoms with Crippen molar-refractivity contribution in [2.24, 2.45) is 5.92 Å². The maximum absolute atomic E-state index is 13.9.